The number of aryl methyl sites for hydroxylation is 2. The van der Waals surface area contributed by atoms with Crippen LogP contribution in [0, 0.1) is 19.8 Å². The Morgan fingerprint density at radius 2 is 2.03 bits per heavy atom. The molecule has 0 amide bonds. The summed E-state index contributed by atoms with van der Waals surface area (Å²) in [6, 6.07) is 6.00. The van der Waals surface area contributed by atoms with E-state index in [1.807, 2.05) is 42.8 Å². The number of benzene rings is 1. The van der Waals surface area contributed by atoms with E-state index in [0.29, 0.717) is 36.3 Å². The Morgan fingerprint density at radius 1 is 1.19 bits per heavy atom. The molecule has 0 spiro atoms. The number of methoxy groups -OCH3 is 1. The smallest absolute Gasteiger partial charge is 0.203 e. The Morgan fingerprint density at radius 3 is 2.75 bits per heavy atom. The standard InChI is InChI=1S/C24H26N4O4/c1-13(2)21-11-30-20-7-16(6-19(29-5)23(20)31-21)10-28-12-26-18-8-17(9-25-24(18)28)22-14(3)27-32-15(22)4/h6-9,12-13,21H,10-11H2,1-5H3. The normalized spacial score (nSPS) is 15.5. The SMILES string of the molecule is COc1cc(Cn2cnc3cc(-c4c(C)noc4C)cnc32)cc2c1OC(C(C)C)CO2. The van der Waals surface area contributed by atoms with Gasteiger partial charge in [-0.15, -0.1) is 0 Å². The summed E-state index contributed by atoms with van der Waals surface area (Å²) in [6.45, 7) is 9.17. The Labute approximate surface area is 186 Å². The van der Waals surface area contributed by atoms with Gasteiger partial charge in [-0.25, -0.2) is 9.97 Å². The molecule has 1 aliphatic heterocycles. The van der Waals surface area contributed by atoms with Crippen molar-refractivity contribution in [1.29, 1.82) is 0 Å². The Bertz CT molecular complexity index is 1250. The fourth-order valence-electron chi connectivity index (χ4n) is 4.08. The molecule has 3 aromatic heterocycles. The molecule has 0 aliphatic carbocycles. The molecule has 0 bridgehead atoms. The fraction of sp³-hybridized carbons (Fsp3) is 0.375. The van der Waals surface area contributed by atoms with Crippen molar-refractivity contribution in [3.05, 3.63) is 47.7 Å². The van der Waals surface area contributed by atoms with Crippen LogP contribution in [0.1, 0.15) is 30.9 Å². The molecule has 0 radical (unpaired) electrons. The number of aromatic nitrogens is 4. The van der Waals surface area contributed by atoms with Gasteiger partial charge in [-0.3, -0.25) is 0 Å². The highest BCUT2D eigenvalue weighted by Gasteiger charge is 2.27. The number of imidazole rings is 1. The quantitative estimate of drug-likeness (QED) is 0.455. The second-order valence-electron chi connectivity index (χ2n) is 8.48. The lowest BCUT2D eigenvalue weighted by Crippen LogP contribution is -2.33. The van der Waals surface area contributed by atoms with Gasteiger partial charge in [-0.05, 0) is 43.5 Å². The van der Waals surface area contributed by atoms with Crippen molar-refractivity contribution in [1.82, 2.24) is 19.7 Å². The summed E-state index contributed by atoms with van der Waals surface area (Å²) in [5.74, 6) is 3.16. The van der Waals surface area contributed by atoms with E-state index >= 15 is 0 Å². The van der Waals surface area contributed by atoms with Crippen LogP contribution in [0.2, 0.25) is 0 Å². The van der Waals surface area contributed by atoms with E-state index in [1.165, 1.54) is 0 Å². The van der Waals surface area contributed by atoms with Gasteiger partial charge in [0.15, 0.2) is 17.1 Å². The third-order valence-electron chi connectivity index (χ3n) is 5.85. The number of ether oxygens (including phenoxy) is 3. The highest BCUT2D eigenvalue weighted by atomic mass is 16.6. The minimum Gasteiger partial charge on any atom is -0.493 e. The first-order valence-corrected chi connectivity index (χ1v) is 10.7. The van der Waals surface area contributed by atoms with Crippen molar-refractivity contribution in [3.8, 4) is 28.4 Å². The van der Waals surface area contributed by atoms with Crippen LogP contribution >= 0.6 is 0 Å². The maximum absolute atomic E-state index is 6.15. The van der Waals surface area contributed by atoms with Crippen molar-refractivity contribution in [2.45, 2.75) is 40.3 Å². The summed E-state index contributed by atoms with van der Waals surface area (Å²) in [5.41, 5.74) is 5.38. The van der Waals surface area contributed by atoms with Gasteiger partial charge in [-0.1, -0.05) is 19.0 Å². The zero-order valence-corrected chi connectivity index (χ0v) is 18.9. The van der Waals surface area contributed by atoms with Crippen molar-refractivity contribution < 1.29 is 18.7 Å². The summed E-state index contributed by atoms with van der Waals surface area (Å²) in [5, 5.41) is 4.04. The van der Waals surface area contributed by atoms with Gasteiger partial charge in [0.2, 0.25) is 5.75 Å². The molecule has 1 atom stereocenters. The van der Waals surface area contributed by atoms with E-state index in [-0.39, 0.29) is 6.10 Å². The van der Waals surface area contributed by atoms with Gasteiger partial charge in [0.1, 0.15) is 24.0 Å². The van der Waals surface area contributed by atoms with Crippen LogP contribution in [-0.4, -0.2) is 39.5 Å². The van der Waals surface area contributed by atoms with E-state index in [0.717, 1.165) is 39.3 Å². The third kappa shape index (κ3) is 3.45. The lowest BCUT2D eigenvalue weighted by Gasteiger charge is -2.30. The van der Waals surface area contributed by atoms with Crippen LogP contribution in [0.5, 0.6) is 17.2 Å². The van der Waals surface area contributed by atoms with Crippen molar-refractivity contribution in [2.24, 2.45) is 5.92 Å². The molecule has 5 rings (SSSR count). The molecule has 0 saturated carbocycles. The fourth-order valence-corrected chi connectivity index (χ4v) is 4.08. The molecule has 0 saturated heterocycles. The number of fused-ring (bicyclic) bond motifs is 2. The second kappa shape index (κ2) is 7.85. The second-order valence-corrected chi connectivity index (χ2v) is 8.48. The van der Waals surface area contributed by atoms with E-state index in [9.17, 15) is 0 Å². The monoisotopic (exact) mass is 434 g/mol. The zero-order valence-electron chi connectivity index (χ0n) is 18.9. The molecular formula is C24H26N4O4. The molecule has 166 valence electrons. The van der Waals surface area contributed by atoms with Crippen LogP contribution < -0.4 is 14.2 Å². The van der Waals surface area contributed by atoms with E-state index in [1.54, 1.807) is 13.4 Å². The Hall–Kier alpha value is -3.55. The van der Waals surface area contributed by atoms with Gasteiger partial charge < -0.3 is 23.3 Å². The van der Waals surface area contributed by atoms with Gasteiger partial charge in [0.05, 0.1) is 25.7 Å². The van der Waals surface area contributed by atoms with Crippen LogP contribution in [0.15, 0.2) is 35.2 Å². The highest BCUT2D eigenvalue weighted by molar-refractivity contribution is 5.79. The third-order valence-corrected chi connectivity index (χ3v) is 5.85. The molecule has 32 heavy (non-hydrogen) atoms. The molecular weight excluding hydrogens is 408 g/mol. The number of pyridine rings is 1. The summed E-state index contributed by atoms with van der Waals surface area (Å²) < 4.78 is 25.1. The molecule has 4 heterocycles. The first kappa shape index (κ1) is 20.4. The molecule has 8 nitrogen and oxygen atoms in total. The lowest BCUT2D eigenvalue weighted by atomic mass is 10.1. The molecule has 8 heteroatoms. The molecule has 0 fully saturated rings. The van der Waals surface area contributed by atoms with Crippen LogP contribution in [0.25, 0.3) is 22.3 Å². The van der Waals surface area contributed by atoms with E-state index in [2.05, 4.69) is 29.0 Å². The predicted molar refractivity (Wildman–Crippen MR) is 119 cm³/mol. The summed E-state index contributed by atoms with van der Waals surface area (Å²) in [7, 11) is 1.64. The summed E-state index contributed by atoms with van der Waals surface area (Å²) in [6.07, 6.45) is 3.65. The van der Waals surface area contributed by atoms with Crippen molar-refractivity contribution in [3.63, 3.8) is 0 Å². The zero-order chi connectivity index (χ0) is 22.4. The van der Waals surface area contributed by atoms with Crippen molar-refractivity contribution >= 4 is 11.2 Å². The number of nitrogens with zero attached hydrogens (tertiary/aromatic N) is 4. The predicted octanol–water partition coefficient (Wildman–Crippen LogP) is 4.56. The highest BCUT2D eigenvalue weighted by Crippen LogP contribution is 2.42. The average Bonchev–Trinajstić information content (AvgIpc) is 3.34. The summed E-state index contributed by atoms with van der Waals surface area (Å²) >= 11 is 0. The van der Waals surface area contributed by atoms with Gasteiger partial charge >= 0.3 is 0 Å². The van der Waals surface area contributed by atoms with Gasteiger partial charge in [-0.2, -0.15) is 0 Å². The number of hydrogen-bond donors (Lipinski definition) is 0. The lowest BCUT2D eigenvalue weighted by molar-refractivity contribution is 0.0557. The van der Waals surface area contributed by atoms with E-state index in [4.69, 9.17) is 18.7 Å². The number of rotatable bonds is 5. The average molecular weight is 434 g/mol. The summed E-state index contributed by atoms with van der Waals surface area (Å²) in [4.78, 5) is 9.25. The number of hydrogen-bond acceptors (Lipinski definition) is 7. The van der Waals surface area contributed by atoms with Gasteiger partial charge in [0, 0.05) is 17.3 Å². The van der Waals surface area contributed by atoms with Crippen LogP contribution in [0.4, 0.5) is 0 Å². The maximum atomic E-state index is 6.15. The van der Waals surface area contributed by atoms with Crippen molar-refractivity contribution in [2.75, 3.05) is 13.7 Å². The minimum absolute atomic E-state index is 0.0101. The van der Waals surface area contributed by atoms with Gasteiger partial charge in [0.25, 0.3) is 0 Å². The maximum Gasteiger partial charge on any atom is 0.203 e. The molecule has 0 N–H and O–H groups in total. The molecule has 1 aromatic carbocycles. The Kier molecular flexibility index (Phi) is 5.00. The largest absolute Gasteiger partial charge is 0.493 e. The molecule has 4 aromatic rings. The van der Waals surface area contributed by atoms with Crippen LogP contribution in [-0.2, 0) is 6.54 Å². The topological polar surface area (TPSA) is 84.4 Å². The van der Waals surface area contributed by atoms with E-state index < -0.39 is 0 Å². The first-order chi connectivity index (χ1) is 15.4. The Balaban J connectivity index is 1.46. The molecule has 1 aliphatic rings. The first-order valence-electron chi connectivity index (χ1n) is 10.7. The molecule has 1 unspecified atom stereocenters. The minimum atomic E-state index is 0.0101. The van der Waals surface area contributed by atoms with Crippen LogP contribution in [0.3, 0.4) is 0 Å².